The molecular weight excluding hydrogens is 266 g/mol. The van der Waals surface area contributed by atoms with Crippen LogP contribution in [0.1, 0.15) is 52.9 Å². The van der Waals surface area contributed by atoms with Crippen LogP contribution in [0.5, 0.6) is 0 Å². The molecule has 3 rings (SSSR count). The monoisotopic (exact) mass is 285 g/mol. The van der Waals surface area contributed by atoms with Crippen molar-refractivity contribution in [1.29, 1.82) is 0 Å². The van der Waals surface area contributed by atoms with Crippen molar-refractivity contribution in [2.24, 2.45) is 0 Å². The van der Waals surface area contributed by atoms with Crippen LogP contribution in [0.25, 0.3) is 0 Å². The number of amides is 1. The molecule has 0 fully saturated rings. The second-order valence-electron chi connectivity index (χ2n) is 5.44. The molecule has 0 saturated heterocycles. The fourth-order valence-electron chi connectivity index (χ4n) is 2.78. The highest BCUT2D eigenvalue weighted by Crippen LogP contribution is 2.25. The molecule has 0 radical (unpaired) electrons. The first-order valence-electron chi connectivity index (χ1n) is 7.19. The lowest BCUT2D eigenvalue weighted by Gasteiger charge is -2.20. The molecule has 1 aromatic heterocycles. The Bertz CT molecular complexity index is 603. The van der Waals surface area contributed by atoms with Crippen LogP contribution in [0, 0.1) is 0 Å². The van der Waals surface area contributed by atoms with Crippen LogP contribution in [0.15, 0.2) is 35.0 Å². The highest BCUT2D eigenvalue weighted by molar-refractivity contribution is 7.08. The van der Waals surface area contributed by atoms with Crippen LogP contribution in [0.3, 0.4) is 0 Å². The summed E-state index contributed by atoms with van der Waals surface area (Å²) in [5, 5.41) is 6.89. The third kappa shape index (κ3) is 2.78. The van der Waals surface area contributed by atoms with Gasteiger partial charge in [-0.15, -0.1) is 0 Å². The lowest BCUT2D eigenvalue weighted by atomic mass is 9.89. The molecule has 0 unspecified atom stereocenters. The van der Waals surface area contributed by atoms with Gasteiger partial charge in [0.15, 0.2) is 0 Å². The third-order valence-corrected chi connectivity index (χ3v) is 4.69. The van der Waals surface area contributed by atoms with Crippen molar-refractivity contribution in [2.75, 3.05) is 0 Å². The van der Waals surface area contributed by atoms with Gasteiger partial charge in [-0.05, 0) is 60.7 Å². The molecule has 1 aliphatic rings. The average molecular weight is 285 g/mol. The van der Waals surface area contributed by atoms with E-state index in [9.17, 15) is 4.79 Å². The number of benzene rings is 1. The number of aryl methyl sites for hydroxylation is 2. The zero-order valence-corrected chi connectivity index (χ0v) is 12.5. The summed E-state index contributed by atoms with van der Waals surface area (Å²) in [6.07, 6.45) is 4.96. The van der Waals surface area contributed by atoms with E-state index in [-0.39, 0.29) is 11.9 Å². The van der Waals surface area contributed by atoms with Gasteiger partial charge in [0.25, 0.3) is 5.91 Å². The van der Waals surface area contributed by atoms with E-state index in [2.05, 4.69) is 30.4 Å². The first kappa shape index (κ1) is 13.4. The second kappa shape index (κ2) is 5.80. The van der Waals surface area contributed by atoms with Crippen molar-refractivity contribution in [3.05, 3.63) is 57.3 Å². The molecule has 0 spiro atoms. The maximum absolute atomic E-state index is 12.1. The summed E-state index contributed by atoms with van der Waals surface area (Å²) in [4.78, 5) is 12.1. The van der Waals surface area contributed by atoms with Gasteiger partial charge in [0, 0.05) is 5.38 Å². The Hall–Kier alpha value is -1.61. The average Bonchev–Trinajstić information content (AvgIpc) is 3.01. The minimum Gasteiger partial charge on any atom is -0.345 e. The molecule has 2 nitrogen and oxygen atoms in total. The number of carbonyl (C=O) groups excluding carboxylic acids is 1. The van der Waals surface area contributed by atoms with E-state index >= 15 is 0 Å². The van der Waals surface area contributed by atoms with Crippen molar-refractivity contribution in [1.82, 2.24) is 5.32 Å². The zero-order valence-electron chi connectivity index (χ0n) is 11.7. The maximum Gasteiger partial charge on any atom is 0.252 e. The molecule has 2 aromatic rings. The molecule has 1 N–H and O–H groups in total. The Kier molecular flexibility index (Phi) is 3.88. The number of nitrogens with one attached hydrogen (secondary N) is 1. The third-order valence-electron chi connectivity index (χ3n) is 4.00. The maximum atomic E-state index is 12.1. The summed E-state index contributed by atoms with van der Waals surface area (Å²) in [6.45, 7) is 2.05. The van der Waals surface area contributed by atoms with Crippen molar-refractivity contribution >= 4 is 17.2 Å². The van der Waals surface area contributed by atoms with E-state index in [0.29, 0.717) is 0 Å². The van der Waals surface area contributed by atoms with Crippen LogP contribution < -0.4 is 5.32 Å². The quantitative estimate of drug-likeness (QED) is 0.903. The molecule has 3 heteroatoms. The minimum atomic E-state index is 0.0106. The van der Waals surface area contributed by atoms with Gasteiger partial charge in [-0.1, -0.05) is 18.2 Å². The molecule has 1 atom stereocenters. The van der Waals surface area contributed by atoms with Crippen molar-refractivity contribution < 1.29 is 4.79 Å². The summed E-state index contributed by atoms with van der Waals surface area (Å²) in [5.41, 5.74) is 4.90. The van der Waals surface area contributed by atoms with E-state index in [4.69, 9.17) is 0 Å². The fraction of sp³-hybridized carbons (Fsp3) is 0.353. The largest absolute Gasteiger partial charge is 0.345 e. The molecular formula is C17H19NOS. The highest BCUT2D eigenvalue weighted by atomic mass is 32.1. The molecule has 20 heavy (non-hydrogen) atoms. The predicted octanol–water partition coefficient (Wildman–Crippen LogP) is 4.12. The van der Waals surface area contributed by atoms with Crippen LogP contribution in [0.2, 0.25) is 0 Å². The number of hydrogen-bond acceptors (Lipinski definition) is 2. The molecule has 1 amide bonds. The van der Waals surface area contributed by atoms with Gasteiger partial charge in [0.1, 0.15) is 0 Å². The Morgan fingerprint density at radius 1 is 1.20 bits per heavy atom. The highest BCUT2D eigenvalue weighted by Gasteiger charge is 2.14. The minimum absolute atomic E-state index is 0.0106. The van der Waals surface area contributed by atoms with E-state index in [1.807, 2.05) is 16.8 Å². The molecule has 104 valence electrons. The summed E-state index contributed by atoms with van der Waals surface area (Å²) < 4.78 is 0. The van der Waals surface area contributed by atoms with Crippen LogP contribution in [0.4, 0.5) is 0 Å². The van der Waals surface area contributed by atoms with Crippen LogP contribution in [-0.2, 0) is 12.8 Å². The first-order chi connectivity index (χ1) is 9.74. The smallest absolute Gasteiger partial charge is 0.252 e. The standard InChI is InChI=1S/C17H19NOS/c1-12(18-17(19)16-8-9-20-11-16)14-7-6-13-4-2-3-5-15(13)10-14/h6-12H,2-5H2,1H3,(H,18,19)/t12-/m0/s1. The second-order valence-corrected chi connectivity index (χ2v) is 6.22. The van der Waals surface area contributed by atoms with Gasteiger partial charge < -0.3 is 5.32 Å². The first-order valence-corrected chi connectivity index (χ1v) is 8.13. The van der Waals surface area contributed by atoms with Crippen LogP contribution >= 0.6 is 11.3 Å². The Morgan fingerprint density at radius 2 is 2.00 bits per heavy atom. The topological polar surface area (TPSA) is 29.1 Å². The Labute approximate surface area is 123 Å². The summed E-state index contributed by atoms with van der Waals surface area (Å²) in [7, 11) is 0. The Balaban J connectivity index is 1.74. The molecule has 1 aromatic carbocycles. The Morgan fingerprint density at radius 3 is 2.75 bits per heavy atom. The zero-order chi connectivity index (χ0) is 13.9. The SMILES string of the molecule is C[C@H](NC(=O)c1ccsc1)c1ccc2c(c1)CCCC2. The number of rotatable bonds is 3. The van der Waals surface area contributed by atoms with Crippen molar-refractivity contribution in [3.63, 3.8) is 0 Å². The van der Waals surface area contributed by atoms with Gasteiger partial charge in [-0.3, -0.25) is 4.79 Å². The molecule has 0 aliphatic heterocycles. The van der Waals surface area contributed by atoms with E-state index in [1.54, 1.807) is 11.3 Å². The van der Waals surface area contributed by atoms with E-state index in [1.165, 1.54) is 42.4 Å². The van der Waals surface area contributed by atoms with E-state index in [0.717, 1.165) is 5.56 Å². The van der Waals surface area contributed by atoms with Crippen LogP contribution in [-0.4, -0.2) is 5.91 Å². The van der Waals surface area contributed by atoms with Gasteiger partial charge in [-0.2, -0.15) is 11.3 Å². The molecule has 0 saturated carbocycles. The van der Waals surface area contributed by atoms with Gasteiger partial charge in [-0.25, -0.2) is 0 Å². The van der Waals surface area contributed by atoms with Gasteiger partial charge >= 0.3 is 0 Å². The van der Waals surface area contributed by atoms with Crippen molar-refractivity contribution in [2.45, 2.75) is 38.6 Å². The predicted molar refractivity (Wildman–Crippen MR) is 83.3 cm³/mol. The lowest BCUT2D eigenvalue weighted by molar-refractivity contribution is 0.0940. The number of thiophene rings is 1. The normalized spacial score (nSPS) is 15.4. The summed E-state index contributed by atoms with van der Waals surface area (Å²) >= 11 is 1.55. The van der Waals surface area contributed by atoms with Gasteiger partial charge in [0.05, 0.1) is 11.6 Å². The number of fused-ring (bicyclic) bond motifs is 1. The summed E-state index contributed by atoms with van der Waals surface area (Å²) in [5.74, 6) is 0.0106. The lowest BCUT2D eigenvalue weighted by Crippen LogP contribution is -2.26. The number of carbonyl (C=O) groups is 1. The van der Waals surface area contributed by atoms with Gasteiger partial charge in [0.2, 0.25) is 0 Å². The van der Waals surface area contributed by atoms with E-state index < -0.39 is 0 Å². The molecule has 0 bridgehead atoms. The number of hydrogen-bond donors (Lipinski definition) is 1. The molecule has 1 aliphatic carbocycles. The van der Waals surface area contributed by atoms with Crippen molar-refractivity contribution in [3.8, 4) is 0 Å². The summed E-state index contributed by atoms with van der Waals surface area (Å²) in [6, 6.07) is 8.57. The fourth-order valence-corrected chi connectivity index (χ4v) is 3.42. The molecule has 1 heterocycles.